The van der Waals surface area contributed by atoms with Crippen molar-refractivity contribution >= 4 is 11.6 Å². The van der Waals surface area contributed by atoms with Crippen LogP contribution in [0.3, 0.4) is 0 Å². The van der Waals surface area contributed by atoms with Crippen LogP contribution in [0, 0.1) is 11.6 Å². The number of alkyl halides is 2. The van der Waals surface area contributed by atoms with Gasteiger partial charge in [0.05, 0.1) is 12.7 Å². The Morgan fingerprint density at radius 3 is 2.60 bits per heavy atom. The van der Waals surface area contributed by atoms with Crippen molar-refractivity contribution in [2.45, 2.75) is 13.2 Å². The second-order valence-electron chi connectivity index (χ2n) is 4.83. The Labute approximate surface area is 143 Å². The summed E-state index contributed by atoms with van der Waals surface area (Å²) in [6.07, 6.45) is 0.828. The first-order valence-corrected chi connectivity index (χ1v) is 7.26. The average Bonchev–Trinajstić information content (AvgIpc) is 2.94. The average molecular weight is 373 g/mol. The van der Waals surface area contributed by atoms with Crippen LogP contribution in [0.4, 0.5) is 17.6 Å². The van der Waals surface area contributed by atoms with Gasteiger partial charge in [-0.3, -0.25) is 0 Å². The fourth-order valence-corrected chi connectivity index (χ4v) is 2.19. The third kappa shape index (κ3) is 3.87. The van der Waals surface area contributed by atoms with Gasteiger partial charge in [0.2, 0.25) is 5.88 Å². The molecule has 3 rings (SSSR count). The zero-order valence-electron chi connectivity index (χ0n) is 12.3. The summed E-state index contributed by atoms with van der Waals surface area (Å²) in [6.45, 7) is -3.27. The summed E-state index contributed by atoms with van der Waals surface area (Å²) in [5.74, 6) is -1.76. The molecule has 0 aliphatic rings. The van der Waals surface area contributed by atoms with Gasteiger partial charge in [0.1, 0.15) is 11.5 Å². The van der Waals surface area contributed by atoms with Crippen molar-refractivity contribution < 1.29 is 22.3 Å². The topological polar surface area (TPSA) is 52.8 Å². The predicted molar refractivity (Wildman–Crippen MR) is 80.4 cm³/mol. The molecule has 0 saturated carbocycles. The van der Waals surface area contributed by atoms with E-state index in [0.717, 1.165) is 16.9 Å². The molecule has 0 fully saturated rings. The van der Waals surface area contributed by atoms with Crippen LogP contribution in [0.5, 0.6) is 5.88 Å². The Hall–Kier alpha value is -2.68. The zero-order chi connectivity index (χ0) is 18.0. The first-order valence-electron chi connectivity index (χ1n) is 6.88. The van der Waals surface area contributed by atoms with Crippen LogP contribution >= 0.6 is 11.6 Å². The van der Waals surface area contributed by atoms with Crippen LogP contribution in [0.15, 0.2) is 36.5 Å². The molecular weight excluding hydrogens is 364 g/mol. The summed E-state index contributed by atoms with van der Waals surface area (Å²) in [5, 5.41) is 3.59. The largest absolute Gasteiger partial charge is 0.417 e. The maximum atomic E-state index is 13.8. The van der Waals surface area contributed by atoms with Crippen molar-refractivity contribution in [2.24, 2.45) is 0 Å². The molecule has 0 radical (unpaired) electrons. The summed E-state index contributed by atoms with van der Waals surface area (Å²) >= 11 is 5.58. The van der Waals surface area contributed by atoms with E-state index in [1.807, 2.05) is 0 Å². The number of nitrogens with zero attached hydrogens (tertiary/aromatic N) is 4. The third-order valence-corrected chi connectivity index (χ3v) is 3.43. The smallest absolute Gasteiger partial charge is 0.388 e. The Kier molecular flexibility index (Phi) is 4.84. The van der Waals surface area contributed by atoms with E-state index in [0.29, 0.717) is 0 Å². The van der Waals surface area contributed by atoms with E-state index in [4.69, 9.17) is 11.6 Å². The quantitative estimate of drug-likeness (QED) is 0.503. The molecule has 2 aromatic heterocycles. The lowest BCUT2D eigenvalue weighted by Crippen LogP contribution is -2.10. The van der Waals surface area contributed by atoms with Crippen LogP contribution < -0.4 is 4.74 Å². The summed E-state index contributed by atoms with van der Waals surface area (Å²) in [6, 6.07) is 6.94. The van der Waals surface area contributed by atoms with E-state index in [9.17, 15) is 17.6 Å². The molecule has 0 aliphatic carbocycles. The van der Waals surface area contributed by atoms with E-state index >= 15 is 0 Å². The fraction of sp³-hybridized carbons (Fsp3) is 0.133. The lowest BCUT2D eigenvalue weighted by atomic mass is 10.2. The summed E-state index contributed by atoms with van der Waals surface area (Å²) < 4.78 is 57.6. The van der Waals surface area contributed by atoms with Gasteiger partial charge in [0.25, 0.3) is 0 Å². The fourth-order valence-electron chi connectivity index (χ4n) is 2.07. The van der Waals surface area contributed by atoms with Crippen LogP contribution in [-0.4, -0.2) is 26.4 Å². The number of hydrogen-bond acceptors (Lipinski definition) is 4. The molecule has 0 spiro atoms. The third-order valence-electron chi connectivity index (χ3n) is 3.16. The zero-order valence-corrected chi connectivity index (χ0v) is 13.1. The van der Waals surface area contributed by atoms with Gasteiger partial charge in [-0.1, -0.05) is 29.8 Å². The van der Waals surface area contributed by atoms with Crippen LogP contribution in [0.2, 0.25) is 5.15 Å². The molecule has 130 valence electrons. The second kappa shape index (κ2) is 7.06. The Bertz CT molecular complexity index is 903. The van der Waals surface area contributed by atoms with Crippen molar-refractivity contribution in [1.82, 2.24) is 19.7 Å². The summed E-state index contributed by atoms with van der Waals surface area (Å²) in [4.78, 5) is 7.39. The van der Waals surface area contributed by atoms with Crippen molar-refractivity contribution in [1.29, 1.82) is 0 Å². The van der Waals surface area contributed by atoms with Gasteiger partial charge in [-0.15, -0.1) is 0 Å². The number of hydrogen-bond donors (Lipinski definition) is 0. The van der Waals surface area contributed by atoms with Crippen LogP contribution in [-0.2, 0) is 6.54 Å². The van der Waals surface area contributed by atoms with Crippen LogP contribution in [0.1, 0.15) is 5.56 Å². The van der Waals surface area contributed by atoms with Crippen molar-refractivity contribution in [3.63, 3.8) is 0 Å². The molecule has 25 heavy (non-hydrogen) atoms. The number of ether oxygens (including phenoxy) is 1. The first-order chi connectivity index (χ1) is 11.9. The molecule has 0 unspecified atom stereocenters. The van der Waals surface area contributed by atoms with E-state index in [-0.39, 0.29) is 29.5 Å². The predicted octanol–water partition coefficient (Wildman–Crippen LogP) is 3.92. The van der Waals surface area contributed by atoms with Crippen molar-refractivity contribution in [2.75, 3.05) is 0 Å². The molecule has 0 saturated heterocycles. The van der Waals surface area contributed by atoms with Gasteiger partial charge in [0.15, 0.2) is 16.8 Å². The minimum Gasteiger partial charge on any atom is -0.417 e. The monoisotopic (exact) mass is 372 g/mol. The number of rotatable bonds is 5. The van der Waals surface area contributed by atoms with Gasteiger partial charge < -0.3 is 4.74 Å². The maximum absolute atomic E-state index is 13.8. The highest BCUT2D eigenvalue weighted by Crippen LogP contribution is 2.25. The molecule has 0 bridgehead atoms. The van der Waals surface area contributed by atoms with Crippen LogP contribution in [0.25, 0.3) is 11.5 Å². The second-order valence-corrected chi connectivity index (χ2v) is 5.19. The molecular formula is C15H9ClF4N4O. The van der Waals surface area contributed by atoms with E-state index < -0.39 is 23.4 Å². The van der Waals surface area contributed by atoms with E-state index in [1.54, 1.807) is 6.07 Å². The van der Waals surface area contributed by atoms with Gasteiger partial charge in [0, 0.05) is 11.6 Å². The molecule has 0 aliphatic heterocycles. The Morgan fingerprint density at radius 1 is 1.16 bits per heavy atom. The Balaban J connectivity index is 2.00. The van der Waals surface area contributed by atoms with Gasteiger partial charge in [-0.2, -0.15) is 13.9 Å². The molecule has 10 heteroatoms. The minimum atomic E-state index is -3.11. The highest BCUT2D eigenvalue weighted by molar-refractivity contribution is 6.29. The van der Waals surface area contributed by atoms with E-state index in [1.165, 1.54) is 18.2 Å². The maximum Gasteiger partial charge on any atom is 0.388 e. The van der Waals surface area contributed by atoms with Crippen molar-refractivity contribution in [3.8, 4) is 17.4 Å². The normalized spacial score (nSPS) is 11.1. The lowest BCUT2D eigenvalue weighted by molar-refractivity contribution is -0.0556. The summed E-state index contributed by atoms with van der Waals surface area (Å²) in [5.41, 5.74) is 0.239. The molecule has 3 aromatic rings. The highest BCUT2D eigenvalue weighted by atomic mass is 35.5. The van der Waals surface area contributed by atoms with Gasteiger partial charge in [-0.25, -0.2) is 23.4 Å². The molecule has 5 nitrogen and oxygen atoms in total. The minimum absolute atomic E-state index is 0.0221. The number of benzene rings is 1. The molecule has 0 N–H and O–H groups in total. The van der Waals surface area contributed by atoms with Gasteiger partial charge >= 0.3 is 6.61 Å². The number of aromatic nitrogens is 4. The van der Waals surface area contributed by atoms with Gasteiger partial charge in [-0.05, 0) is 6.07 Å². The highest BCUT2D eigenvalue weighted by Gasteiger charge is 2.18. The Morgan fingerprint density at radius 2 is 1.92 bits per heavy atom. The molecule has 0 atom stereocenters. The van der Waals surface area contributed by atoms with Crippen molar-refractivity contribution in [3.05, 3.63) is 58.9 Å². The SMILES string of the molecule is Fc1ccccc1Cn1nc(-c2ncc(F)c(Cl)n2)cc1OC(F)F. The first kappa shape index (κ1) is 17.2. The molecule has 2 heterocycles. The molecule has 1 aromatic carbocycles. The summed E-state index contributed by atoms with van der Waals surface area (Å²) in [7, 11) is 0. The standard InChI is InChI=1S/C15H9ClF4N4O/c16-13-10(18)6-21-14(22-13)11-5-12(25-15(19)20)24(23-11)7-8-3-1-2-4-9(8)17/h1-6,15H,7H2. The number of halogens is 5. The van der Waals surface area contributed by atoms with E-state index in [2.05, 4.69) is 19.8 Å². The molecule has 0 amide bonds. The lowest BCUT2D eigenvalue weighted by Gasteiger charge is -2.08.